The molecule has 0 aliphatic rings. The fraction of sp³-hybridized carbons (Fsp3) is 0.111. The maximum absolute atomic E-state index is 5.80. The summed E-state index contributed by atoms with van der Waals surface area (Å²) in [6.45, 7) is 1.95. The molecule has 0 fully saturated rings. The van der Waals surface area contributed by atoms with Crippen molar-refractivity contribution in [1.29, 1.82) is 0 Å². The number of hydrogen-bond acceptors (Lipinski definition) is 2. The summed E-state index contributed by atoms with van der Waals surface area (Å²) in [4.78, 5) is 11.3. The van der Waals surface area contributed by atoms with Gasteiger partial charge in [-0.25, -0.2) is 4.98 Å². The van der Waals surface area contributed by atoms with Gasteiger partial charge in [0.2, 0.25) is 0 Å². The predicted octanol–water partition coefficient (Wildman–Crippen LogP) is 2.43. The molecule has 0 radical (unpaired) electrons. The first kappa shape index (κ1) is 8.26. The third kappa shape index (κ3) is 1.70. The highest BCUT2D eigenvalue weighted by molar-refractivity contribution is 6.30. The third-order valence-corrected chi connectivity index (χ3v) is 1.89. The Kier molecular flexibility index (Phi) is 2.02. The van der Waals surface area contributed by atoms with Crippen LogP contribution in [0.25, 0.3) is 11.4 Å². The number of H-pyrrole nitrogens is 1. The van der Waals surface area contributed by atoms with Gasteiger partial charge in [-0.1, -0.05) is 11.6 Å². The molecule has 0 aliphatic carbocycles. The Morgan fingerprint density at radius 3 is 2.77 bits per heavy atom. The van der Waals surface area contributed by atoms with Gasteiger partial charge in [0, 0.05) is 29.8 Å². The van der Waals surface area contributed by atoms with Crippen molar-refractivity contribution in [3.63, 3.8) is 0 Å². The number of aromatic amines is 1. The Labute approximate surface area is 80.8 Å². The fourth-order valence-electron chi connectivity index (χ4n) is 1.10. The van der Waals surface area contributed by atoms with Crippen LogP contribution in [0.3, 0.4) is 0 Å². The van der Waals surface area contributed by atoms with E-state index in [9.17, 15) is 0 Å². The lowest BCUT2D eigenvalue weighted by molar-refractivity contribution is 1.23. The molecule has 2 rings (SSSR count). The van der Waals surface area contributed by atoms with E-state index in [4.69, 9.17) is 11.6 Å². The van der Waals surface area contributed by atoms with Gasteiger partial charge in [0.15, 0.2) is 0 Å². The Morgan fingerprint density at radius 1 is 1.31 bits per heavy atom. The Balaban J connectivity index is 2.46. The summed E-state index contributed by atoms with van der Waals surface area (Å²) in [7, 11) is 0. The van der Waals surface area contributed by atoms with Gasteiger partial charge < -0.3 is 4.98 Å². The molecular formula is C9H8ClN3. The average Bonchev–Trinajstić information content (AvgIpc) is 2.52. The molecule has 2 aromatic heterocycles. The standard InChI is InChI=1S/C9H8ClN3/c1-6-3-12-9(13-6)7-2-8(10)5-11-4-7/h2-5H,1H3,(H,12,13). The molecule has 0 saturated carbocycles. The van der Waals surface area contributed by atoms with Crippen LogP contribution in [0.1, 0.15) is 5.69 Å². The zero-order valence-corrected chi connectivity index (χ0v) is 7.84. The molecule has 13 heavy (non-hydrogen) atoms. The predicted molar refractivity (Wildman–Crippen MR) is 51.6 cm³/mol. The van der Waals surface area contributed by atoms with E-state index in [2.05, 4.69) is 15.0 Å². The van der Waals surface area contributed by atoms with E-state index in [-0.39, 0.29) is 0 Å². The average molecular weight is 194 g/mol. The van der Waals surface area contributed by atoms with Crippen molar-refractivity contribution in [2.24, 2.45) is 0 Å². The molecule has 2 heterocycles. The quantitative estimate of drug-likeness (QED) is 0.756. The van der Waals surface area contributed by atoms with Crippen LogP contribution in [-0.4, -0.2) is 15.0 Å². The summed E-state index contributed by atoms with van der Waals surface area (Å²) in [6, 6.07) is 1.83. The van der Waals surface area contributed by atoms with Gasteiger partial charge in [-0.3, -0.25) is 4.98 Å². The lowest BCUT2D eigenvalue weighted by Crippen LogP contribution is -1.82. The topological polar surface area (TPSA) is 41.6 Å². The summed E-state index contributed by atoms with van der Waals surface area (Å²) in [6.07, 6.45) is 5.10. The molecule has 0 amide bonds. The third-order valence-electron chi connectivity index (χ3n) is 1.68. The van der Waals surface area contributed by atoms with E-state index in [1.54, 1.807) is 18.6 Å². The second-order valence-electron chi connectivity index (χ2n) is 2.81. The van der Waals surface area contributed by atoms with Crippen molar-refractivity contribution in [3.05, 3.63) is 35.4 Å². The van der Waals surface area contributed by atoms with Gasteiger partial charge >= 0.3 is 0 Å². The smallest absolute Gasteiger partial charge is 0.139 e. The molecule has 3 nitrogen and oxygen atoms in total. The number of hydrogen-bond donors (Lipinski definition) is 1. The molecular weight excluding hydrogens is 186 g/mol. The maximum atomic E-state index is 5.80. The van der Waals surface area contributed by atoms with E-state index < -0.39 is 0 Å². The zero-order valence-electron chi connectivity index (χ0n) is 7.08. The highest BCUT2D eigenvalue weighted by Gasteiger charge is 2.01. The highest BCUT2D eigenvalue weighted by atomic mass is 35.5. The SMILES string of the molecule is Cc1cnc(-c2cncc(Cl)c2)[nH]1. The lowest BCUT2D eigenvalue weighted by atomic mass is 10.3. The molecule has 0 bridgehead atoms. The van der Waals surface area contributed by atoms with Crippen molar-refractivity contribution in [2.45, 2.75) is 6.92 Å². The molecule has 66 valence electrons. The second-order valence-corrected chi connectivity index (χ2v) is 3.24. The van der Waals surface area contributed by atoms with Crippen molar-refractivity contribution < 1.29 is 0 Å². The molecule has 1 N–H and O–H groups in total. The first-order valence-corrected chi connectivity index (χ1v) is 4.26. The van der Waals surface area contributed by atoms with Crippen LogP contribution in [0, 0.1) is 6.92 Å². The van der Waals surface area contributed by atoms with Gasteiger partial charge in [0.05, 0.1) is 5.02 Å². The number of pyridine rings is 1. The summed E-state index contributed by atoms with van der Waals surface area (Å²) in [5.74, 6) is 0.799. The number of nitrogens with one attached hydrogen (secondary N) is 1. The minimum Gasteiger partial charge on any atom is -0.342 e. The van der Waals surface area contributed by atoms with Crippen LogP contribution in [-0.2, 0) is 0 Å². The molecule has 0 aliphatic heterocycles. The van der Waals surface area contributed by atoms with Crippen molar-refractivity contribution >= 4 is 11.6 Å². The second kappa shape index (κ2) is 3.18. The monoisotopic (exact) mass is 193 g/mol. The van der Waals surface area contributed by atoms with Crippen LogP contribution < -0.4 is 0 Å². The van der Waals surface area contributed by atoms with Gasteiger partial charge in [0.25, 0.3) is 0 Å². The normalized spacial score (nSPS) is 10.3. The van der Waals surface area contributed by atoms with Crippen LogP contribution in [0.5, 0.6) is 0 Å². The minimum absolute atomic E-state index is 0.617. The van der Waals surface area contributed by atoms with E-state index in [1.165, 1.54) is 0 Å². The molecule has 0 spiro atoms. The number of nitrogens with zero attached hydrogens (tertiary/aromatic N) is 2. The number of rotatable bonds is 1. The van der Waals surface area contributed by atoms with E-state index in [1.807, 2.05) is 13.0 Å². The summed E-state index contributed by atoms with van der Waals surface area (Å²) < 4.78 is 0. The van der Waals surface area contributed by atoms with Gasteiger partial charge in [0.1, 0.15) is 5.82 Å². The van der Waals surface area contributed by atoms with Crippen molar-refractivity contribution in [1.82, 2.24) is 15.0 Å². The van der Waals surface area contributed by atoms with Gasteiger partial charge in [-0.05, 0) is 13.0 Å². The highest BCUT2D eigenvalue weighted by Crippen LogP contribution is 2.17. The summed E-state index contributed by atoms with van der Waals surface area (Å²) in [5, 5.41) is 0.617. The zero-order chi connectivity index (χ0) is 9.26. The molecule has 4 heteroatoms. The number of aromatic nitrogens is 3. The number of aryl methyl sites for hydroxylation is 1. The first-order chi connectivity index (χ1) is 6.25. The van der Waals surface area contributed by atoms with Gasteiger partial charge in [-0.2, -0.15) is 0 Å². The molecule has 0 atom stereocenters. The molecule has 0 saturated heterocycles. The van der Waals surface area contributed by atoms with Gasteiger partial charge in [-0.15, -0.1) is 0 Å². The van der Waals surface area contributed by atoms with Crippen LogP contribution in [0.4, 0.5) is 0 Å². The van der Waals surface area contributed by atoms with Crippen molar-refractivity contribution in [2.75, 3.05) is 0 Å². The Morgan fingerprint density at radius 2 is 2.15 bits per heavy atom. The van der Waals surface area contributed by atoms with Crippen molar-refractivity contribution in [3.8, 4) is 11.4 Å². The summed E-state index contributed by atoms with van der Waals surface area (Å²) >= 11 is 5.80. The van der Waals surface area contributed by atoms with Crippen LogP contribution in [0.2, 0.25) is 5.02 Å². The van der Waals surface area contributed by atoms with Crippen LogP contribution >= 0.6 is 11.6 Å². The lowest BCUT2D eigenvalue weighted by Gasteiger charge is -1.95. The number of halogens is 1. The minimum atomic E-state index is 0.617. The van der Waals surface area contributed by atoms with Crippen LogP contribution in [0.15, 0.2) is 24.7 Å². The Hall–Kier alpha value is -1.35. The maximum Gasteiger partial charge on any atom is 0.139 e. The Bertz CT molecular complexity index is 422. The summed E-state index contributed by atoms with van der Waals surface area (Å²) in [5.41, 5.74) is 1.93. The fourth-order valence-corrected chi connectivity index (χ4v) is 1.27. The van der Waals surface area contributed by atoms with E-state index >= 15 is 0 Å². The molecule has 0 aromatic carbocycles. The molecule has 0 unspecified atom stereocenters. The number of imidazole rings is 1. The first-order valence-electron chi connectivity index (χ1n) is 3.88. The largest absolute Gasteiger partial charge is 0.342 e. The van der Waals surface area contributed by atoms with E-state index in [0.29, 0.717) is 5.02 Å². The molecule has 2 aromatic rings. The van der Waals surface area contributed by atoms with E-state index in [0.717, 1.165) is 17.1 Å².